The Morgan fingerprint density at radius 3 is 2.22 bits per heavy atom. The molecule has 0 bridgehead atoms. The highest BCUT2D eigenvalue weighted by molar-refractivity contribution is 5.93. The molecule has 0 aliphatic rings. The smallest absolute Gasteiger partial charge is 0.325 e. The first-order valence-corrected chi connectivity index (χ1v) is 9.77. The van der Waals surface area contributed by atoms with Gasteiger partial charge in [-0.2, -0.15) is 0 Å². The Morgan fingerprint density at radius 1 is 1.03 bits per heavy atom. The van der Waals surface area contributed by atoms with E-state index in [0.717, 1.165) is 0 Å². The van der Waals surface area contributed by atoms with Gasteiger partial charge in [-0.1, -0.05) is 12.1 Å². The number of aliphatic carboxylic acids is 1. The zero-order valence-electron chi connectivity index (χ0n) is 17.4. The summed E-state index contributed by atoms with van der Waals surface area (Å²) in [7, 11) is 0. The molecule has 3 atom stereocenters. The van der Waals surface area contributed by atoms with Crippen LogP contribution < -0.4 is 21.7 Å². The van der Waals surface area contributed by atoms with Crippen molar-refractivity contribution in [1.82, 2.24) is 25.9 Å². The number of nitrogens with zero attached hydrogens (tertiary/aromatic N) is 1. The first-order chi connectivity index (χ1) is 15.2. The molecule has 0 radical (unpaired) electrons. The van der Waals surface area contributed by atoms with Gasteiger partial charge in [0.15, 0.2) is 0 Å². The summed E-state index contributed by atoms with van der Waals surface area (Å²) in [5, 5.41) is 25.9. The summed E-state index contributed by atoms with van der Waals surface area (Å²) in [4.78, 5) is 55.3. The molecule has 172 valence electrons. The lowest BCUT2D eigenvalue weighted by Crippen LogP contribution is -2.57. The molecule has 0 saturated heterocycles. The van der Waals surface area contributed by atoms with Crippen LogP contribution in [0.2, 0.25) is 0 Å². The highest BCUT2D eigenvalue weighted by Gasteiger charge is 2.29. The van der Waals surface area contributed by atoms with Gasteiger partial charge in [0.2, 0.25) is 17.7 Å². The third-order valence-electron chi connectivity index (χ3n) is 4.55. The Morgan fingerprint density at radius 2 is 1.66 bits per heavy atom. The van der Waals surface area contributed by atoms with Crippen LogP contribution >= 0.6 is 0 Å². The normalized spacial score (nSPS) is 13.4. The quantitative estimate of drug-likeness (QED) is 0.214. The van der Waals surface area contributed by atoms with E-state index in [1.54, 1.807) is 12.1 Å². The first kappa shape index (κ1) is 24.3. The number of nitrogens with two attached hydrogens (primary N) is 1. The molecule has 2 rings (SSSR count). The number of carbonyl (C=O) groups excluding carboxylic acids is 3. The van der Waals surface area contributed by atoms with E-state index in [1.165, 1.54) is 31.6 Å². The van der Waals surface area contributed by atoms with Crippen molar-refractivity contribution in [2.45, 2.75) is 37.9 Å². The Hall–Kier alpha value is -3.93. The van der Waals surface area contributed by atoms with Crippen LogP contribution in [0, 0.1) is 0 Å². The van der Waals surface area contributed by atoms with E-state index in [9.17, 15) is 24.3 Å². The van der Waals surface area contributed by atoms with Crippen LogP contribution in [0.1, 0.15) is 18.2 Å². The molecule has 0 aliphatic carbocycles. The number of carbonyl (C=O) groups is 4. The number of hydrogen-bond acceptors (Lipinski definition) is 7. The zero-order valence-corrected chi connectivity index (χ0v) is 17.4. The summed E-state index contributed by atoms with van der Waals surface area (Å²) in [6, 6.07) is 2.69. The van der Waals surface area contributed by atoms with Gasteiger partial charge in [0.25, 0.3) is 0 Å². The average Bonchev–Trinajstić information content (AvgIpc) is 3.27. The van der Waals surface area contributed by atoms with Crippen LogP contribution in [0.15, 0.2) is 36.8 Å². The van der Waals surface area contributed by atoms with E-state index >= 15 is 0 Å². The predicted octanol–water partition coefficient (Wildman–Crippen LogP) is -1.58. The number of amides is 3. The molecular formula is C20H26N6O6. The molecular weight excluding hydrogens is 420 g/mol. The molecule has 3 amide bonds. The highest BCUT2D eigenvalue weighted by Crippen LogP contribution is 2.12. The SMILES string of the molecule is CC(NC(=O)C(Cc1cnc[nH]1)NC(=O)C(Cc1ccc(O)cc1)NC(=O)CN)C(=O)O. The predicted molar refractivity (Wildman–Crippen MR) is 112 cm³/mol. The molecule has 0 saturated carbocycles. The van der Waals surface area contributed by atoms with Crippen LogP contribution in [-0.4, -0.2) is 68.5 Å². The van der Waals surface area contributed by atoms with Crippen molar-refractivity contribution >= 4 is 23.7 Å². The number of aromatic hydroxyl groups is 1. The number of rotatable bonds is 11. The molecule has 32 heavy (non-hydrogen) atoms. The number of imidazole rings is 1. The minimum atomic E-state index is -1.23. The molecule has 3 unspecified atom stereocenters. The largest absolute Gasteiger partial charge is 0.508 e. The Balaban J connectivity index is 2.20. The maximum atomic E-state index is 13.0. The summed E-state index contributed by atoms with van der Waals surface area (Å²) in [6.45, 7) is 0.956. The van der Waals surface area contributed by atoms with Crippen molar-refractivity contribution in [1.29, 1.82) is 0 Å². The third-order valence-corrected chi connectivity index (χ3v) is 4.55. The van der Waals surface area contributed by atoms with Gasteiger partial charge in [0.1, 0.15) is 23.9 Å². The summed E-state index contributed by atoms with van der Waals surface area (Å²) in [5.41, 5.74) is 6.53. The van der Waals surface area contributed by atoms with Gasteiger partial charge in [0.05, 0.1) is 12.9 Å². The molecule has 2 aromatic rings. The number of aromatic nitrogens is 2. The number of hydrogen-bond donors (Lipinski definition) is 7. The van der Waals surface area contributed by atoms with Crippen molar-refractivity contribution in [3.8, 4) is 5.75 Å². The van der Waals surface area contributed by atoms with Crippen LogP contribution in [-0.2, 0) is 32.0 Å². The maximum Gasteiger partial charge on any atom is 0.325 e. The lowest BCUT2D eigenvalue weighted by atomic mass is 10.0. The molecule has 0 fully saturated rings. The second-order valence-corrected chi connectivity index (χ2v) is 7.11. The molecule has 1 aromatic carbocycles. The number of carboxylic acid groups (broad SMARTS) is 1. The fourth-order valence-corrected chi connectivity index (χ4v) is 2.80. The van der Waals surface area contributed by atoms with Crippen LogP contribution in [0.3, 0.4) is 0 Å². The van der Waals surface area contributed by atoms with Crippen molar-refractivity contribution in [3.63, 3.8) is 0 Å². The van der Waals surface area contributed by atoms with E-state index in [0.29, 0.717) is 11.3 Å². The molecule has 0 aliphatic heterocycles. The van der Waals surface area contributed by atoms with Gasteiger partial charge < -0.3 is 36.9 Å². The summed E-state index contributed by atoms with van der Waals surface area (Å²) in [5.74, 6) is -3.13. The number of nitrogens with one attached hydrogen (secondary N) is 4. The number of benzene rings is 1. The minimum Gasteiger partial charge on any atom is -0.508 e. The summed E-state index contributed by atoms with van der Waals surface area (Å²) >= 11 is 0. The van der Waals surface area contributed by atoms with Crippen LogP contribution in [0.5, 0.6) is 5.75 Å². The van der Waals surface area contributed by atoms with Crippen molar-refractivity contribution in [2.24, 2.45) is 5.73 Å². The lowest BCUT2D eigenvalue weighted by Gasteiger charge is -2.23. The molecule has 12 heteroatoms. The zero-order chi connectivity index (χ0) is 23.7. The van der Waals surface area contributed by atoms with E-state index in [1.807, 2.05) is 0 Å². The van der Waals surface area contributed by atoms with Gasteiger partial charge in [0, 0.05) is 24.7 Å². The fourth-order valence-electron chi connectivity index (χ4n) is 2.80. The van der Waals surface area contributed by atoms with Crippen molar-refractivity contribution < 1.29 is 29.4 Å². The Labute approximate surface area is 183 Å². The second-order valence-electron chi connectivity index (χ2n) is 7.11. The molecule has 8 N–H and O–H groups in total. The van der Waals surface area contributed by atoms with E-state index in [2.05, 4.69) is 25.9 Å². The number of phenolic OH excluding ortho intramolecular Hbond substituents is 1. The van der Waals surface area contributed by atoms with Crippen molar-refractivity contribution in [3.05, 3.63) is 48.0 Å². The van der Waals surface area contributed by atoms with Gasteiger partial charge in [-0.25, -0.2) is 4.98 Å². The maximum absolute atomic E-state index is 13.0. The molecule has 1 aromatic heterocycles. The van der Waals surface area contributed by atoms with Crippen LogP contribution in [0.25, 0.3) is 0 Å². The molecule has 1 heterocycles. The summed E-state index contributed by atoms with van der Waals surface area (Å²) in [6.07, 6.45) is 2.96. The minimum absolute atomic E-state index is 0.0146. The Kier molecular flexibility index (Phi) is 8.72. The van der Waals surface area contributed by atoms with Gasteiger partial charge in [-0.05, 0) is 24.6 Å². The summed E-state index contributed by atoms with van der Waals surface area (Å²) < 4.78 is 0. The lowest BCUT2D eigenvalue weighted by molar-refractivity contribution is -0.141. The topological polar surface area (TPSA) is 200 Å². The monoisotopic (exact) mass is 446 g/mol. The van der Waals surface area contributed by atoms with E-state index < -0.39 is 41.8 Å². The number of phenols is 1. The van der Waals surface area contributed by atoms with E-state index in [-0.39, 0.29) is 25.1 Å². The molecule has 0 spiro atoms. The van der Waals surface area contributed by atoms with Crippen LogP contribution in [0.4, 0.5) is 0 Å². The fraction of sp³-hybridized carbons (Fsp3) is 0.350. The standard InChI is InChI=1S/C20H26N6O6/c1-11(20(31)32)24-18(29)16(7-13-9-22-10-23-13)26-19(30)15(25-17(28)8-21)6-12-2-4-14(27)5-3-12/h2-5,9-11,15-16,27H,6-8,21H2,1H3,(H,22,23)(H,24,29)(H,25,28)(H,26,30)(H,31,32). The molecule has 12 nitrogen and oxygen atoms in total. The highest BCUT2D eigenvalue weighted by atomic mass is 16.4. The number of carboxylic acids is 1. The first-order valence-electron chi connectivity index (χ1n) is 9.77. The van der Waals surface area contributed by atoms with Crippen molar-refractivity contribution in [2.75, 3.05) is 6.54 Å². The third kappa shape index (κ3) is 7.40. The Bertz CT molecular complexity index is 931. The van der Waals surface area contributed by atoms with Gasteiger partial charge in [-0.3, -0.25) is 19.2 Å². The van der Waals surface area contributed by atoms with Gasteiger partial charge >= 0.3 is 5.97 Å². The average molecular weight is 446 g/mol. The second kappa shape index (κ2) is 11.5. The van der Waals surface area contributed by atoms with Gasteiger partial charge in [-0.15, -0.1) is 0 Å². The van der Waals surface area contributed by atoms with E-state index in [4.69, 9.17) is 10.8 Å². The number of aromatic amines is 1. The number of H-pyrrole nitrogens is 1.